The van der Waals surface area contributed by atoms with Gasteiger partial charge in [0.15, 0.2) is 0 Å². The number of hydrogen-bond acceptors (Lipinski definition) is 3. The van der Waals surface area contributed by atoms with Gasteiger partial charge in [0, 0.05) is 12.3 Å². The maximum absolute atomic E-state index is 12.1. The number of hydrogen-bond donors (Lipinski definition) is 3. The van der Waals surface area contributed by atoms with Crippen LogP contribution in [-0.2, 0) is 14.4 Å². The van der Waals surface area contributed by atoms with E-state index in [1.807, 2.05) is 0 Å². The zero-order chi connectivity index (χ0) is 15.1. The van der Waals surface area contributed by atoms with Crippen LogP contribution >= 0.6 is 0 Å². The molecule has 6 nitrogen and oxygen atoms in total. The fourth-order valence-corrected chi connectivity index (χ4v) is 2.67. The molecule has 1 atom stereocenters. The van der Waals surface area contributed by atoms with Gasteiger partial charge in [-0.25, -0.2) is 4.79 Å². The summed E-state index contributed by atoms with van der Waals surface area (Å²) in [4.78, 5) is 33.8. The minimum absolute atomic E-state index is 0.0418. The highest BCUT2D eigenvalue weighted by atomic mass is 16.4. The number of primary amides is 1. The average molecular weight is 284 g/mol. The molecule has 1 saturated carbocycles. The number of carbonyl (C=O) groups is 3. The molecule has 1 rings (SSSR count). The molecule has 6 heteroatoms. The van der Waals surface area contributed by atoms with Gasteiger partial charge in [-0.05, 0) is 38.0 Å². The summed E-state index contributed by atoms with van der Waals surface area (Å²) < 4.78 is 0. The molecule has 0 radical (unpaired) electrons. The highest BCUT2D eigenvalue weighted by molar-refractivity contribution is 5.85. The Morgan fingerprint density at radius 2 is 1.85 bits per heavy atom. The van der Waals surface area contributed by atoms with Crippen LogP contribution in [0.1, 0.15) is 51.9 Å². The molecule has 0 aliphatic heterocycles. The second-order valence-corrected chi connectivity index (χ2v) is 5.53. The Bertz CT molecular complexity index is 362. The molecule has 0 saturated heterocycles. The monoisotopic (exact) mass is 284 g/mol. The Labute approximate surface area is 119 Å². The lowest BCUT2D eigenvalue weighted by molar-refractivity contribution is -0.143. The van der Waals surface area contributed by atoms with E-state index in [0.717, 1.165) is 32.1 Å². The maximum atomic E-state index is 12.1. The highest BCUT2D eigenvalue weighted by Gasteiger charge is 2.28. The first-order valence-electron chi connectivity index (χ1n) is 7.25. The van der Waals surface area contributed by atoms with Gasteiger partial charge in [-0.15, -0.1) is 0 Å². The number of carboxylic acid groups (broad SMARTS) is 1. The summed E-state index contributed by atoms with van der Waals surface area (Å²) in [7, 11) is 0. The minimum Gasteiger partial charge on any atom is -0.480 e. The van der Waals surface area contributed by atoms with Crippen molar-refractivity contribution in [3.05, 3.63) is 0 Å². The van der Waals surface area contributed by atoms with E-state index >= 15 is 0 Å². The van der Waals surface area contributed by atoms with E-state index in [1.165, 1.54) is 0 Å². The number of rotatable bonds is 7. The zero-order valence-electron chi connectivity index (χ0n) is 11.9. The molecule has 1 unspecified atom stereocenters. The van der Waals surface area contributed by atoms with Gasteiger partial charge >= 0.3 is 5.97 Å². The van der Waals surface area contributed by atoms with Crippen molar-refractivity contribution < 1.29 is 19.5 Å². The van der Waals surface area contributed by atoms with Crippen molar-refractivity contribution in [1.82, 2.24) is 5.32 Å². The predicted octanol–water partition coefficient (Wildman–Crippen LogP) is 1.04. The van der Waals surface area contributed by atoms with Gasteiger partial charge in [-0.3, -0.25) is 9.59 Å². The lowest BCUT2D eigenvalue weighted by atomic mass is 9.80. The van der Waals surface area contributed by atoms with Crippen LogP contribution in [0.15, 0.2) is 0 Å². The standard InChI is InChI=1S/C14H24N2O4/c1-2-9-3-5-10(6-4-9)13(18)16-11(14(19)20)7-8-12(15)17/h9-11H,2-8H2,1H3,(H2,15,17)(H,16,18)(H,19,20). The second-order valence-electron chi connectivity index (χ2n) is 5.53. The van der Waals surface area contributed by atoms with Crippen molar-refractivity contribution in [2.45, 2.75) is 57.9 Å². The van der Waals surface area contributed by atoms with Crippen LogP contribution in [0.5, 0.6) is 0 Å². The molecule has 114 valence electrons. The second kappa shape index (κ2) is 7.87. The molecule has 2 amide bonds. The number of carboxylic acids is 1. The molecule has 4 N–H and O–H groups in total. The van der Waals surface area contributed by atoms with E-state index in [0.29, 0.717) is 5.92 Å². The molecular formula is C14H24N2O4. The van der Waals surface area contributed by atoms with Crippen molar-refractivity contribution in [2.24, 2.45) is 17.6 Å². The van der Waals surface area contributed by atoms with E-state index < -0.39 is 17.9 Å². The van der Waals surface area contributed by atoms with Gasteiger partial charge in [0.25, 0.3) is 0 Å². The van der Waals surface area contributed by atoms with Gasteiger partial charge < -0.3 is 16.2 Å². The van der Waals surface area contributed by atoms with E-state index in [-0.39, 0.29) is 24.7 Å². The van der Waals surface area contributed by atoms with Crippen LogP contribution in [0.3, 0.4) is 0 Å². The Hall–Kier alpha value is -1.59. The van der Waals surface area contributed by atoms with E-state index in [2.05, 4.69) is 12.2 Å². The summed E-state index contributed by atoms with van der Waals surface area (Å²) in [5.41, 5.74) is 5.00. The lowest BCUT2D eigenvalue weighted by Gasteiger charge is -2.27. The van der Waals surface area contributed by atoms with Crippen LogP contribution in [0.2, 0.25) is 0 Å². The molecular weight excluding hydrogens is 260 g/mol. The van der Waals surface area contributed by atoms with Crippen LogP contribution in [0.4, 0.5) is 0 Å². The first-order valence-corrected chi connectivity index (χ1v) is 7.25. The van der Waals surface area contributed by atoms with Gasteiger partial charge in [0.05, 0.1) is 0 Å². The largest absolute Gasteiger partial charge is 0.480 e. The molecule has 0 aromatic carbocycles. The summed E-state index contributed by atoms with van der Waals surface area (Å²) >= 11 is 0. The maximum Gasteiger partial charge on any atom is 0.326 e. The van der Waals surface area contributed by atoms with Crippen LogP contribution in [0, 0.1) is 11.8 Å². The SMILES string of the molecule is CCC1CCC(C(=O)NC(CCC(N)=O)C(=O)O)CC1. The number of amides is 2. The molecule has 1 aliphatic carbocycles. The van der Waals surface area contributed by atoms with Gasteiger partial charge in [-0.1, -0.05) is 13.3 Å². The number of nitrogens with one attached hydrogen (secondary N) is 1. The summed E-state index contributed by atoms with van der Waals surface area (Å²) in [6.45, 7) is 2.15. The topological polar surface area (TPSA) is 109 Å². The summed E-state index contributed by atoms with van der Waals surface area (Å²) in [6.07, 6.45) is 4.80. The third-order valence-corrected chi connectivity index (χ3v) is 4.09. The fourth-order valence-electron chi connectivity index (χ4n) is 2.67. The molecule has 0 aromatic heterocycles. The normalized spacial score (nSPS) is 23.9. The zero-order valence-corrected chi connectivity index (χ0v) is 11.9. The average Bonchev–Trinajstić information content (AvgIpc) is 2.42. The van der Waals surface area contributed by atoms with Gasteiger partial charge in [-0.2, -0.15) is 0 Å². The van der Waals surface area contributed by atoms with Crippen LogP contribution in [0.25, 0.3) is 0 Å². The summed E-state index contributed by atoms with van der Waals surface area (Å²) in [5.74, 6) is -1.32. The minimum atomic E-state index is -1.12. The first kappa shape index (κ1) is 16.5. The Kier molecular flexibility index (Phi) is 6.48. The fraction of sp³-hybridized carbons (Fsp3) is 0.786. The van der Waals surface area contributed by atoms with E-state index in [4.69, 9.17) is 10.8 Å². The van der Waals surface area contributed by atoms with Crippen molar-refractivity contribution >= 4 is 17.8 Å². The number of nitrogens with two attached hydrogens (primary N) is 1. The van der Waals surface area contributed by atoms with Crippen molar-refractivity contribution in [3.63, 3.8) is 0 Å². The third kappa shape index (κ3) is 5.19. The van der Waals surface area contributed by atoms with Crippen molar-refractivity contribution in [1.29, 1.82) is 0 Å². The number of carbonyl (C=O) groups excluding carboxylic acids is 2. The molecule has 1 fully saturated rings. The number of aliphatic carboxylic acids is 1. The van der Waals surface area contributed by atoms with E-state index in [9.17, 15) is 14.4 Å². The smallest absolute Gasteiger partial charge is 0.326 e. The third-order valence-electron chi connectivity index (χ3n) is 4.09. The Morgan fingerprint density at radius 3 is 2.30 bits per heavy atom. The summed E-state index contributed by atoms with van der Waals surface area (Å²) in [6, 6.07) is -1.03. The van der Waals surface area contributed by atoms with Crippen molar-refractivity contribution in [2.75, 3.05) is 0 Å². The Morgan fingerprint density at radius 1 is 1.25 bits per heavy atom. The Balaban J connectivity index is 2.45. The molecule has 0 bridgehead atoms. The molecule has 20 heavy (non-hydrogen) atoms. The lowest BCUT2D eigenvalue weighted by Crippen LogP contribution is -2.44. The van der Waals surface area contributed by atoms with Crippen LogP contribution in [-0.4, -0.2) is 28.9 Å². The molecule has 0 aromatic rings. The quantitative estimate of drug-likeness (QED) is 0.648. The van der Waals surface area contributed by atoms with Gasteiger partial charge in [0.1, 0.15) is 6.04 Å². The molecule has 1 aliphatic rings. The van der Waals surface area contributed by atoms with Crippen LogP contribution < -0.4 is 11.1 Å². The first-order chi connectivity index (χ1) is 9.43. The molecule has 0 heterocycles. The van der Waals surface area contributed by atoms with Gasteiger partial charge in [0.2, 0.25) is 11.8 Å². The summed E-state index contributed by atoms with van der Waals surface area (Å²) in [5, 5.41) is 11.6. The van der Waals surface area contributed by atoms with E-state index in [1.54, 1.807) is 0 Å². The predicted molar refractivity (Wildman–Crippen MR) is 73.7 cm³/mol. The van der Waals surface area contributed by atoms with Crippen molar-refractivity contribution in [3.8, 4) is 0 Å². The molecule has 0 spiro atoms. The highest BCUT2D eigenvalue weighted by Crippen LogP contribution is 2.30.